The van der Waals surface area contributed by atoms with Crippen LogP contribution in [0.5, 0.6) is 0 Å². The highest BCUT2D eigenvalue weighted by Crippen LogP contribution is 2.20. The number of rotatable bonds is 4. The molecule has 1 unspecified atom stereocenters. The maximum absolute atomic E-state index is 10.6. The molecule has 5 nitrogen and oxygen atoms in total. The maximum atomic E-state index is 10.6. The molecule has 0 bridgehead atoms. The second kappa shape index (κ2) is 6.63. The highest BCUT2D eigenvalue weighted by Gasteiger charge is 2.20. The molecule has 0 radical (unpaired) electrons. The van der Waals surface area contributed by atoms with E-state index in [1.807, 2.05) is 0 Å². The van der Waals surface area contributed by atoms with E-state index >= 15 is 0 Å². The van der Waals surface area contributed by atoms with E-state index in [2.05, 4.69) is 4.90 Å². The van der Waals surface area contributed by atoms with E-state index in [0.29, 0.717) is 0 Å². The molecule has 1 saturated heterocycles. The molecule has 19 heavy (non-hydrogen) atoms. The highest BCUT2D eigenvalue weighted by atomic mass is 16.6. The van der Waals surface area contributed by atoms with Crippen molar-refractivity contribution in [1.82, 2.24) is 4.90 Å². The summed E-state index contributed by atoms with van der Waals surface area (Å²) in [5.41, 5.74) is 1.18. The van der Waals surface area contributed by atoms with Gasteiger partial charge in [-0.3, -0.25) is 15.0 Å². The van der Waals surface area contributed by atoms with Crippen molar-refractivity contribution in [2.24, 2.45) is 0 Å². The van der Waals surface area contributed by atoms with Gasteiger partial charge in [0.15, 0.2) is 0 Å². The van der Waals surface area contributed by atoms with E-state index in [9.17, 15) is 15.2 Å². The fraction of sp³-hybridized carbons (Fsp3) is 0.571. The standard InChI is InChI=1S/C14H20N2O3/c17-11-14-4-2-1-3-9-15(14)10-12-5-7-13(8-6-12)16(18)19/h5-8,14,17H,1-4,9-11H2. The zero-order valence-corrected chi connectivity index (χ0v) is 11.0. The van der Waals surface area contributed by atoms with Crippen molar-refractivity contribution in [3.63, 3.8) is 0 Å². The Hall–Kier alpha value is -1.46. The number of likely N-dealkylation sites (tertiary alicyclic amines) is 1. The van der Waals surface area contributed by atoms with E-state index in [1.54, 1.807) is 24.3 Å². The largest absolute Gasteiger partial charge is 0.395 e. The lowest BCUT2D eigenvalue weighted by Gasteiger charge is -2.28. The summed E-state index contributed by atoms with van der Waals surface area (Å²) in [6.07, 6.45) is 4.57. The van der Waals surface area contributed by atoms with Crippen LogP contribution in [-0.2, 0) is 6.54 Å². The zero-order chi connectivity index (χ0) is 13.7. The van der Waals surface area contributed by atoms with Gasteiger partial charge in [-0.2, -0.15) is 0 Å². The van der Waals surface area contributed by atoms with Crippen molar-refractivity contribution in [3.05, 3.63) is 39.9 Å². The van der Waals surface area contributed by atoms with Gasteiger partial charge < -0.3 is 5.11 Å². The molecule has 0 aromatic heterocycles. The Morgan fingerprint density at radius 2 is 2.00 bits per heavy atom. The van der Waals surface area contributed by atoms with E-state index in [4.69, 9.17) is 0 Å². The van der Waals surface area contributed by atoms with Crippen molar-refractivity contribution in [2.75, 3.05) is 13.2 Å². The van der Waals surface area contributed by atoms with Gasteiger partial charge >= 0.3 is 0 Å². The van der Waals surface area contributed by atoms with E-state index in [-0.39, 0.29) is 23.3 Å². The Balaban J connectivity index is 2.03. The van der Waals surface area contributed by atoms with Crippen LogP contribution >= 0.6 is 0 Å². The Kier molecular flexibility index (Phi) is 4.87. The lowest BCUT2D eigenvalue weighted by Crippen LogP contribution is -2.36. The molecule has 104 valence electrons. The first kappa shape index (κ1) is 14.0. The van der Waals surface area contributed by atoms with Crippen LogP contribution in [0.4, 0.5) is 5.69 Å². The minimum absolute atomic E-state index is 0.123. The van der Waals surface area contributed by atoms with Crippen LogP contribution in [0.15, 0.2) is 24.3 Å². The van der Waals surface area contributed by atoms with Crippen LogP contribution in [0.25, 0.3) is 0 Å². The van der Waals surface area contributed by atoms with Crippen LogP contribution < -0.4 is 0 Å². The molecular weight excluding hydrogens is 244 g/mol. The van der Waals surface area contributed by atoms with Gasteiger partial charge in [0.25, 0.3) is 5.69 Å². The van der Waals surface area contributed by atoms with E-state index in [0.717, 1.165) is 31.5 Å². The second-order valence-corrected chi connectivity index (χ2v) is 5.08. The molecule has 1 N–H and O–H groups in total. The number of nitrogens with zero attached hydrogens (tertiary/aromatic N) is 2. The van der Waals surface area contributed by atoms with Crippen molar-refractivity contribution in [2.45, 2.75) is 38.3 Å². The number of non-ortho nitro benzene ring substituents is 1. The number of nitro benzene ring substituents is 1. The van der Waals surface area contributed by atoms with Gasteiger partial charge in [0.05, 0.1) is 11.5 Å². The average Bonchev–Trinajstić information content (AvgIpc) is 2.64. The minimum atomic E-state index is -0.383. The maximum Gasteiger partial charge on any atom is 0.269 e. The molecule has 1 aromatic rings. The Morgan fingerprint density at radius 1 is 1.26 bits per heavy atom. The molecule has 1 aliphatic rings. The average molecular weight is 264 g/mol. The first-order valence-corrected chi connectivity index (χ1v) is 6.79. The van der Waals surface area contributed by atoms with Gasteiger partial charge in [0.2, 0.25) is 0 Å². The normalized spacial score (nSPS) is 21.0. The smallest absolute Gasteiger partial charge is 0.269 e. The summed E-state index contributed by atoms with van der Waals surface area (Å²) < 4.78 is 0. The minimum Gasteiger partial charge on any atom is -0.395 e. The van der Waals surface area contributed by atoms with Crippen LogP contribution in [0.2, 0.25) is 0 Å². The number of hydrogen-bond acceptors (Lipinski definition) is 4. The number of benzene rings is 1. The van der Waals surface area contributed by atoms with Crippen molar-refractivity contribution in [1.29, 1.82) is 0 Å². The summed E-state index contributed by atoms with van der Waals surface area (Å²) in [4.78, 5) is 12.5. The van der Waals surface area contributed by atoms with Gasteiger partial charge in [-0.25, -0.2) is 0 Å². The van der Waals surface area contributed by atoms with Gasteiger partial charge in [-0.15, -0.1) is 0 Å². The second-order valence-electron chi connectivity index (χ2n) is 5.08. The first-order valence-electron chi connectivity index (χ1n) is 6.79. The van der Waals surface area contributed by atoms with Crippen LogP contribution in [0.1, 0.15) is 31.2 Å². The fourth-order valence-corrected chi connectivity index (χ4v) is 2.61. The fourth-order valence-electron chi connectivity index (χ4n) is 2.61. The van der Waals surface area contributed by atoms with Gasteiger partial charge in [-0.1, -0.05) is 25.0 Å². The van der Waals surface area contributed by atoms with E-state index < -0.39 is 0 Å². The molecule has 1 aliphatic heterocycles. The molecule has 2 rings (SSSR count). The summed E-state index contributed by atoms with van der Waals surface area (Å²) in [6, 6.07) is 6.91. The quantitative estimate of drug-likeness (QED) is 0.669. The summed E-state index contributed by atoms with van der Waals surface area (Å²) in [5.74, 6) is 0. The highest BCUT2D eigenvalue weighted by molar-refractivity contribution is 5.32. The molecule has 5 heteroatoms. The zero-order valence-electron chi connectivity index (χ0n) is 11.0. The van der Waals surface area contributed by atoms with Crippen molar-refractivity contribution < 1.29 is 10.0 Å². The summed E-state index contributed by atoms with van der Waals surface area (Å²) in [6.45, 7) is 1.93. The van der Waals surface area contributed by atoms with Gasteiger partial charge in [0, 0.05) is 24.7 Å². The predicted octanol–water partition coefficient (Wildman–Crippen LogP) is 2.33. The molecule has 1 aromatic carbocycles. The SMILES string of the molecule is O=[N+]([O-])c1ccc(CN2CCCCCC2CO)cc1. The Bertz CT molecular complexity index is 419. The van der Waals surface area contributed by atoms with Crippen molar-refractivity contribution >= 4 is 5.69 Å². The van der Waals surface area contributed by atoms with Crippen LogP contribution in [-0.4, -0.2) is 34.1 Å². The molecular formula is C14H20N2O3. The van der Waals surface area contributed by atoms with Crippen molar-refractivity contribution in [3.8, 4) is 0 Å². The van der Waals surface area contributed by atoms with Crippen LogP contribution in [0.3, 0.4) is 0 Å². The number of aliphatic hydroxyl groups excluding tert-OH is 1. The molecule has 0 amide bonds. The molecule has 0 saturated carbocycles. The third kappa shape index (κ3) is 3.75. The molecule has 0 spiro atoms. The lowest BCUT2D eigenvalue weighted by atomic mass is 10.1. The van der Waals surface area contributed by atoms with Crippen LogP contribution in [0, 0.1) is 10.1 Å². The third-order valence-corrected chi connectivity index (χ3v) is 3.74. The number of aliphatic hydroxyl groups is 1. The number of hydrogen-bond donors (Lipinski definition) is 1. The molecule has 1 atom stereocenters. The summed E-state index contributed by atoms with van der Waals surface area (Å²) in [5, 5.41) is 20.1. The summed E-state index contributed by atoms with van der Waals surface area (Å²) >= 11 is 0. The molecule has 1 heterocycles. The van der Waals surface area contributed by atoms with Gasteiger partial charge in [-0.05, 0) is 24.9 Å². The number of nitro groups is 1. The first-order chi connectivity index (χ1) is 9.20. The Morgan fingerprint density at radius 3 is 2.63 bits per heavy atom. The lowest BCUT2D eigenvalue weighted by molar-refractivity contribution is -0.384. The predicted molar refractivity (Wildman–Crippen MR) is 72.8 cm³/mol. The monoisotopic (exact) mass is 264 g/mol. The Labute approximate surface area is 113 Å². The molecule has 1 fully saturated rings. The van der Waals surface area contributed by atoms with Gasteiger partial charge in [0.1, 0.15) is 0 Å². The third-order valence-electron chi connectivity index (χ3n) is 3.74. The summed E-state index contributed by atoms with van der Waals surface area (Å²) in [7, 11) is 0. The van der Waals surface area contributed by atoms with E-state index in [1.165, 1.54) is 12.8 Å². The topological polar surface area (TPSA) is 66.6 Å². The molecule has 0 aliphatic carbocycles.